The number of H-pyrrole nitrogens is 1. The predicted octanol–water partition coefficient (Wildman–Crippen LogP) is 3.83. The van der Waals surface area contributed by atoms with Crippen molar-refractivity contribution in [1.82, 2.24) is 14.9 Å². The number of nitrogens with one attached hydrogen (secondary N) is 1. The lowest BCUT2D eigenvalue weighted by molar-refractivity contribution is -0.0893. The molecule has 4 rings (SSSR count). The Kier molecular flexibility index (Phi) is 5.61. The highest BCUT2D eigenvalue weighted by molar-refractivity contribution is 6.47. The Hall–Kier alpha value is -2.06. The fourth-order valence-electron chi connectivity index (χ4n) is 4.54. The summed E-state index contributed by atoms with van der Waals surface area (Å²) in [5, 5.41) is 10.3. The smallest absolute Gasteiger partial charge is 0.411 e. The summed E-state index contributed by atoms with van der Waals surface area (Å²) >= 11 is 0. The van der Waals surface area contributed by atoms with E-state index in [9.17, 15) is 9.90 Å². The minimum atomic E-state index is -0.984. The third-order valence-corrected chi connectivity index (χ3v) is 6.96. The highest BCUT2D eigenvalue weighted by atomic mass is 16.6. The highest BCUT2D eigenvalue weighted by Gasteiger charge is 2.51. The number of nitrogens with zero attached hydrogens (tertiary/aromatic N) is 2. The molecule has 1 radical (unpaired) electrons. The molecule has 2 bridgehead atoms. The van der Waals surface area contributed by atoms with Gasteiger partial charge in [-0.3, -0.25) is 4.90 Å². The number of likely N-dealkylation sites (tertiary alicyclic amines) is 1. The number of carbonyl (C=O) groups excluding carboxylic acids is 1. The number of aromatic amines is 1. The number of carbonyl (C=O) groups is 1. The molecular weight excluding hydrogens is 405 g/mol. The summed E-state index contributed by atoms with van der Waals surface area (Å²) in [6.07, 6.45) is 2.87. The molecule has 1 amide bonds. The van der Waals surface area contributed by atoms with Crippen molar-refractivity contribution in [3.63, 3.8) is 0 Å². The zero-order chi connectivity index (χ0) is 23.5. The van der Waals surface area contributed by atoms with E-state index in [2.05, 4.69) is 4.98 Å². The molecule has 1 saturated carbocycles. The van der Waals surface area contributed by atoms with Crippen LogP contribution in [-0.2, 0) is 9.39 Å². The number of hydrogen-bond donors (Lipinski definition) is 2. The number of rotatable bonds is 5. The first-order valence-electron chi connectivity index (χ1n) is 11.5. The minimum Gasteiger partial charge on any atom is -0.444 e. The monoisotopic (exact) mass is 440 g/mol. The van der Waals surface area contributed by atoms with Crippen LogP contribution in [0.4, 0.5) is 4.79 Å². The van der Waals surface area contributed by atoms with E-state index in [1.807, 2.05) is 57.7 Å². The fourth-order valence-corrected chi connectivity index (χ4v) is 4.54. The Morgan fingerprint density at radius 1 is 1.19 bits per heavy atom. The number of aromatic nitrogens is 2. The molecule has 3 atom stereocenters. The first kappa shape index (κ1) is 23.1. The van der Waals surface area contributed by atoms with Crippen LogP contribution in [0.5, 0.6) is 0 Å². The van der Waals surface area contributed by atoms with Crippen molar-refractivity contribution in [3.05, 3.63) is 24.0 Å². The molecule has 0 spiro atoms. The predicted molar refractivity (Wildman–Crippen MR) is 125 cm³/mol. The summed E-state index contributed by atoms with van der Waals surface area (Å²) in [5.41, 5.74) is 0.372. The number of imidazole rings is 1. The summed E-state index contributed by atoms with van der Waals surface area (Å²) in [6, 6.07) is 6.01. The maximum Gasteiger partial charge on any atom is 0.411 e. The van der Waals surface area contributed by atoms with Crippen LogP contribution in [0.3, 0.4) is 0 Å². The second-order valence-corrected chi connectivity index (χ2v) is 11.3. The summed E-state index contributed by atoms with van der Waals surface area (Å²) < 4.78 is 11.6. The van der Waals surface area contributed by atoms with E-state index in [0.29, 0.717) is 5.92 Å². The lowest BCUT2D eigenvalue weighted by Crippen LogP contribution is -2.49. The van der Waals surface area contributed by atoms with Gasteiger partial charge in [-0.2, -0.15) is 0 Å². The maximum atomic E-state index is 13.0. The molecule has 173 valence electrons. The zero-order valence-corrected chi connectivity index (χ0v) is 20.2. The van der Waals surface area contributed by atoms with Gasteiger partial charge in [-0.1, -0.05) is 11.5 Å². The lowest BCUT2D eigenvalue weighted by Gasteiger charge is -2.37. The van der Waals surface area contributed by atoms with Gasteiger partial charge in [0.2, 0.25) is 0 Å². The Labute approximate surface area is 191 Å². The summed E-state index contributed by atoms with van der Waals surface area (Å²) in [4.78, 5) is 23.2. The number of aliphatic hydroxyl groups is 1. The number of fused-ring (bicyclic) bond motifs is 3. The molecule has 8 heteroatoms. The molecule has 1 aromatic heterocycles. The number of piperidine rings is 1. The molecule has 2 aliphatic rings. The second-order valence-electron chi connectivity index (χ2n) is 11.3. The number of amides is 1. The van der Waals surface area contributed by atoms with Gasteiger partial charge in [0.1, 0.15) is 11.4 Å². The molecule has 2 N–H and O–H groups in total. The van der Waals surface area contributed by atoms with Gasteiger partial charge in [0, 0.05) is 6.04 Å². The van der Waals surface area contributed by atoms with E-state index in [-0.39, 0.29) is 18.2 Å². The Balaban J connectivity index is 1.56. The van der Waals surface area contributed by atoms with Crippen molar-refractivity contribution >= 4 is 30.1 Å². The van der Waals surface area contributed by atoms with Crippen LogP contribution in [-0.4, -0.2) is 56.4 Å². The minimum absolute atomic E-state index is 0.0891. The second kappa shape index (κ2) is 7.77. The van der Waals surface area contributed by atoms with E-state index < -0.39 is 16.8 Å². The van der Waals surface area contributed by atoms with Crippen molar-refractivity contribution in [1.29, 1.82) is 0 Å². The van der Waals surface area contributed by atoms with Gasteiger partial charge in [-0.25, -0.2) is 9.78 Å². The molecular formula is C24H35BN3O4. The molecule has 32 heavy (non-hydrogen) atoms. The Morgan fingerprint density at radius 2 is 1.91 bits per heavy atom. The zero-order valence-electron chi connectivity index (χ0n) is 20.2. The van der Waals surface area contributed by atoms with Gasteiger partial charge >= 0.3 is 13.6 Å². The maximum absolute atomic E-state index is 13.0. The van der Waals surface area contributed by atoms with Gasteiger partial charge in [-0.05, 0) is 85.8 Å². The van der Waals surface area contributed by atoms with Crippen LogP contribution in [0.15, 0.2) is 18.2 Å². The van der Waals surface area contributed by atoms with E-state index >= 15 is 0 Å². The number of ether oxygens (including phenoxy) is 1. The fraction of sp³-hybridized carbons (Fsp3) is 0.667. The molecule has 7 nitrogen and oxygen atoms in total. The van der Waals surface area contributed by atoms with E-state index in [0.717, 1.165) is 41.6 Å². The third-order valence-electron chi connectivity index (χ3n) is 6.96. The number of hydrogen-bond acceptors (Lipinski definition) is 5. The van der Waals surface area contributed by atoms with E-state index in [4.69, 9.17) is 14.4 Å². The van der Waals surface area contributed by atoms with Crippen LogP contribution in [0.1, 0.15) is 79.6 Å². The Bertz CT molecular complexity index is 1000. The SMILES string of the molecule is CC(C)(C)OC(=O)N1[C@@H]2CC[C@@H](C2)[C@H]1c1nc2ccc([B]OC(C)(C)C(C)(C)O)cc2[nH]1. The van der Waals surface area contributed by atoms with Crippen LogP contribution in [0, 0.1) is 5.92 Å². The summed E-state index contributed by atoms with van der Waals surface area (Å²) in [7, 11) is 1.67. The van der Waals surface area contributed by atoms with Crippen molar-refractivity contribution in [2.24, 2.45) is 5.92 Å². The molecule has 2 fully saturated rings. The third kappa shape index (κ3) is 4.39. The summed E-state index contributed by atoms with van der Waals surface area (Å²) in [6.45, 7) is 12.9. The van der Waals surface area contributed by atoms with Gasteiger partial charge < -0.3 is 19.5 Å². The Morgan fingerprint density at radius 3 is 2.56 bits per heavy atom. The normalized spacial score (nSPS) is 23.8. The standard InChI is InChI=1S/C24H35BN3O4/c1-22(2,3)31-21(29)28-16-10-8-14(12-16)19(28)20-26-17-11-9-15(13-18(17)27-20)25-32-24(6,7)23(4,5)30/h9,11,13-14,16,19,30H,8,10,12H2,1-7H3,(H,26,27)/t14-,16+,19-/m0/s1. The lowest BCUT2D eigenvalue weighted by atomic mass is 9.82. The average molecular weight is 440 g/mol. The molecule has 0 unspecified atom stereocenters. The average Bonchev–Trinajstić information content (AvgIpc) is 3.37. The largest absolute Gasteiger partial charge is 0.444 e. The quantitative estimate of drug-likeness (QED) is 0.690. The van der Waals surface area contributed by atoms with Gasteiger partial charge in [-0.15, -0.1) is 0 Å². The molecule has 2 aromatic rings. The molecule has 2 heterocycles. The first-order chi connectivity index (χ1) is 14.7. The van der Waals surface area contributed by atoms with Gasteiger partial charge in [0.15, 0.2) is 0 Å². The first-order valence-corrected chi connectivity index (χ1v) is 11.5. The molecule has 1 saturated heterocycles. The highest BCUT2D eigenvalue weighted by Crippen LogP contribution is 2.50. The van der Waals surface area contributed by atoms with E-state index in [1.54, 1.807) is 21.3 Å². The van der Waals surface area contributed by atoms with E-state index in [1.165, 1.54) is 0 Å². The van der Waals surface area contributed by atoms with Crippen LogP contribution >= 0.6 is 0 Å². The van der Waals surface area contributed by atoms with Crippen molar-refractivity contribution < 1.29 is 19.3 Å². The topological polar surface area (TPSA) is 87.7 Å². The van der Waals surface area contributed by atoms with Crippen LogP contribution in [0.2, 0.25) is 0 Å². The number of benzene rings is 1. The van der Waals surface area contributed by atoms with Gasteiger partial charge in [0.05, 0.1) is 28.3 Å². The van der Waals surface area contributed by atoms with Crippen LogP contribution < -0.4 is 5.46 Å². The molecule has 1 aromatic carbocycles. The van der Waals surface area contributed by atoms with Crippen molar-refractivity contribution in [3.8, 4) is 0 Å². The molecule has 1 aliphatic heterocycles. The van der Waals surface area contributed by atoms with Crippen molar-refractivity contribution in [2.75, 3.05) is 0 Å². The van der Waals surface area contributed by atoms with Gasteiger partial charge in [0.25, 0.3) is 0 Å². The van der Waals surface area contributed by atoms with Crippen LogP contribution in [0.25, 0.3) is 11.0 Å². The summed E-state index contributed by atoms with van der Waals surface area (Å²) in [5.74, 6) is 1.21. The molecule has 1 aliphatic carbocycles. The van der Waals surface area contributed by atoms with Crippen molar-refractivity contribution in [2.45, 2.75) is 96.6 Å².